The molecule has 2 aromatic carbocycles. The van der Waals surface area contributed by atoms with Crippen LogP contribution in [-0.2, 0) is 6.42 Å². The van der Waals surface area contributed by atoms with Crippen molar-refractivity contribution in [1.29, 1.82) is 0 Å². The average Bonchev–Trinajstić information content (AvgIpc) is 2.46. The van der Waals surface area contributed by atoms with E-state index >= 15 is 0 Å². The van der Waals surface area contributed by atoms with Crippen molar-refractivity contribution in [2.75, 3.05) is 0 Å². The molecule has 21 heavy (non-hydrogen) atoms. The van der Waals surface area contributed by atoms with Gasteiger partial charge in [0.1, 0.15) is 0 Å². The molecule has 1 aliphatic rings. The summed E-state index contributed by atoms with van der Waals surface area (Å²) in [6, 6.07) is 9.51. The maximum absolute atomic E-state index is 12.4. The fourth-order valence-corrected chi connectivity index (χ4v) is 2.75. The van der Waals surface area contributed by atoms with Gasteiger partial charge in [-0.25, -0.2) is 0 Å². The van der Waals surface area contributed by atoms with Crippen molar-refractivity contribution in [3.05, 3.63) is 69.8 Å². The SMILES string of the molecule is O=C(Cl)c1ccc2c(c1)Cc1cc(C(=O)Cl)ccc1C2=O. The Bertz CT molecular complexity index is 744. The third kappa shape index (κ3) is 2.39. The van der Waals surface area contributed by atoms with Crippen LogP contribution in [0.4, 0.5) is 0 Å². The summed E-state index contributed by atoms with van der Waals surface area (Å²) in [5.41, 5.74) is 3.23. The minimum Gasteiger partial charge on any atom is -0.289 e. The van der Waals surface area contributed by atoms with Crippen molar-refractivity contribution < 1.29 is 14.4 Å². The Morgan fingerprint density at radius 2 is 1.24 bits per heavy atom. The summed E-state index contributed by atoms with van der Waals surface area (Å²) < 4.78 is 0. The highest BCUT2D eigenvalue weighted by Crippen LogP contribution is 2.29. The predicted molar refractivity (Wildman–Crippen MR) is 79.5 cm³/mol. The summed E-state index contributed by atoms with van der Waals surface area (Å²) in [5.74, 6) is -0.131. The summed E-state index contributed by atoms with van der Waals surface area (Å²) in [5, 5.41) is -1.14. The minimum absolute atomic E-state index is 0.131. The van der Waals surface area contributed by atoms with Crippen LogP contribution >= 0.6 is 23.2 Å². The van der Waals surface area contributed by atoms with E-state index in [1.165, 1.54) is 12.1 Å². The molecule has 0 saturated heterocycles. The van der Waals surface area contributed by atoms with Crippen molar-refractivity contribution in [2.45, 2.75) is 6.42 Å². The van der Waals surface area contributed by atoms with E-state index in [1.807, 2.05) is 0 Å². The van der Waals surface area contributed by atoms with Crippen molar-refractivity contribution in [3.8, 4) is 0 Å². The molecule has 0 bridgehead atoms. The highest BCUT2D eigenvalue weighted by atomic mass is 35.5. The van der Waals surface area contributed by atoms with Crippen LogP contribution in [-0.4, -0.2) is 16.3 Å². The van der Waals surface area contributed by atoms with Gasteiger partial charge in [0.25, 0.3) is 10.5 Å². The maximum atomic E-state index is 12.4. The minimum atomic E-state index is -0.569. The lowest BCUT2D eigenvalue weighted by molar-refractivity contribution is 0.103. The Labute approximate surface area is 130 Å². The highest BCUT2D eigenvalue weighted by molar-refractivity contribution is 6.68. The van der Waals surface area contributed by atoms with Crippen LogP contribution in [0.25, 0.3) is 0 Å². The molecule has 0 saturated carbocycles. The van der Waals surface area contributed by atoms with Gasteiger partial charge in [0.2, 0.25) is 0 Å². The summed E-state index contributed by atoms with van der Waals surface area (Å²) in [6.45, 7) is 0. The van der Waals surface area contributed by atoms with Crippen molar-refractivity contribution in [1.82, 2.24) is 0 Å². The predicted octanol–water partition coefficient (Wildman–Crippen LogP) is 3.58. The van der Waals surface area contributed by atoms with Gasteiger partial charge in [-0.05, 0) is 77.1 Å². The lowest BCUT2D eigenvalue weighted by Gasteiger charge is -2.19. The second-order valence-corrected chi connectivity index (χ2v) is 5.48. The van der Waals surface area contributed by atoms with Crippen molar-refractivity contribution in [3.63, 3.8) is 0 Å². The first-order valence-corrected chi connectivity index (χ1v) is 6.93. The van der Waals surface area contributed by atoms with E-state index in [0.717, 1.165) is 11.1 Å². The van der Waals surface area contributed by atoms with Gasteiger partial charge < -0.3 is 0 Å². The largest absolute Gasteiger partial charge is 0.289 e. The second kappa shape index (κ2) is 5.10. The van der Waals surface area contributed by atoms with E-state index in [-0.39, 0.29) is 5.78 Å². The molecule has 3 nitrogen and oxygen atoms in total. The van der Waals surface area contributed by atoms with Crippen LogP contribution in [0.1, 0.15) is 47.8 Å². The molecule has 1 aliphatic carbocycles. The molecular weight excluding hydrogens is 311 g/mol. The number of benzene rings is 2. The normalized spacial score (nSPS) is 12.6. The maximum Gasteiger partial charge on any atom is 0.252 e. The van der Waals surface area contributed by atoms with Crippen LogP contribution in [0.15, 0.2) is 36.4 Å². The Hall–Kier alpha value is -1.97. The molecule has 0 radical (unpaired) electrons. The lowest BCUT2D eigenvalue weighted by atomic mass is 9.83. The molecule has 0 atom stereocenters. The number of hydrogen-bond acceptors (Lipinski definition) is 3. The summed E-state index contributed by atoms with van der Waals surface area (Å²) >= 11 is 10.9. The molecule has 5 heteroatoms. The zero-order valence-electron chi connectivity index (χ0n) is 10.7. The number of ketones is 1. The molecule has 0 amide bonds. The molecule has 0 aromatic heterocycles. The number of rotatable bonds is 2. The summed E-state index contributed by atoms with van der Waals surface area (Å²) in [7, 11) is 0. The Kier molecular flexibility index (Phi) is 3.40. The van der Waals surface area contributed by atoms with Gasteiger partial charge in [-0.2, -0.15) is 0 Å². The number of fused-ring (bicyclic) bond motifs is 2. The van der Waals surface area contributed by atoms with Crippen molar-refractivity contribution in [2.24, 2.45) is 0 Å². The van der Waals surface area contributed by atoms with E-state index in [9.17, 15) is 14.4 Å². The summed E-state index contributed by atoms with van der Waals surface area (Å²) in [6.07, 6.45) is 0.451. The molecule has 2 aromatic rings. The lowest BCUT2D eigenvalue weighted by Crippen LogP contribution is -2.16. The Morgan fingerprint density at radius 3 is 1.62 bits per heavy atom. The van der Waals surface area contributed by atoms with E-state index in [0.29, 0.717) is 28.7 Å². The van der Waals surface area contributed by atoms with Gasteiger partial charge >= 0.3 is 0 Å². The molecule has 0 fully saturated rings. The monoisotopic (exact) mass is 318 g/mol. The number of carbonyl (C=O) groups excluding carboxylic acids is 3. The van der Waals surface area contributed by atoms with Crippen LogP contribution in [0.2, 0.25) is 0 Å². The van der Waals surface area contributed by atoms with Gasteiger partial charge in [0.05, 0.1) is 0 Å². The molecule has 0 heterocycles. The first kappa shape index (κ1) is 14.0. The van der Waals surface area contributed by atoms with E-state index in [2.05, 4.69) is 0 Å². The van der Waals surface area contributed by atoms with Gasteiger partial charge in [-0.3, -0.25) is 14.4 Å². The third-order valence-electron chi connectivity index (χ3n) is 3.53. The Morgan fingerprint density at radius 1 is 0.810 bits per heavy atom. The van der Waals surface area contributed by atoms with Gasteiger partial charge in [-0.15, -0.1) is 0 Å². The second-order valence-electron chi connectivity index (χ2n) is 4.80. The van der Waals surface area contributed by atoms with Gasteiger partial charge in [-0.1, -0.05) is 0 Å². The Balaban J connectivity index is 2.13. The van der Waals surface area contributed by atoms with E-state index < -0.39 is 10.5 Å². The van der Waals surface area contributed by atoms with Crippen molar-refractivity contribution >= 4 is 39.5 Å². The molecule has 0 aliphatic heterocycles. The smallest absolute Gasteiger partial charge is 0.252 e. The molecule has 0 unspecified atom stereocenters. The summed E-state index contributed by atoms with van der Waals surface area (Å²) in [4.78, 5) is 34.9. The quantitative estimate of drug-likeness (QED) is 0.678. The van der Waals surface area contributed by atoms with Crippen LogP contribution < -0.4 is 0 Å². The van der Waals surface area contributed by atoms with E-state index in [1.54, 1.807) is 24.3 Å². The standard InChI is InChI=1S/C16H8Cl2O3/c17-15(20)8-1-3-12-10(5-8)7-11-6-9(16(18)21)2-4-13(11)14(12)19/h1-6H,7H2. The number of hydrogen-bond donors (Lipinski definition) is 0. The molecule has 104 valence electrons. The average molecular weight is 319 g/mol. The van der Waals surface area contributed by atoms with Crippen LogP contribution in [0.3, 0.4) is 0 Å². The first-order chi connectivity index (χ1) is 9.97. The fourth-order valence-electron chi connectivity index (χ4n) is 2.52. The molecule has 3 rings (SSSR count). The van der Waals surface area contributed by atoms with Crippen LogP contribution in [0.5, 0.6) is 0 Å². The molecule has 0 spiro atoms. The van der Waals surface area contributed by atoms with Gasteiger partial charge in [0, 0.05) is 22.3 Å². The van der Waals surface area contributed by atoms with Gasteiger partial charge in [0.15, 0.2) is 5.78 Å². The fraction of sp³-hybridized carbons (Fsp3) is 0.0625. The van der Waals surface area contributed by atoms with E-state index in [4.69, 9.17) is 23.2 Å². The first-order valence-electron chi connectivity index (χ1n) is 6.17. The molecule has 0 N–H and O–H groups in total. The number of carbonyl (C=O) groups is 3. The zero-order chi connectivity index (χ0) is 15.1. The van der Waals surface area contributed by atoms with Crippen LogP contribution in [0, 0.1) is 0 Å². The molecular formula is C16H8Cl2O3. The third-order valence-corrected chi connectivity index (χ3v) is 3.97. The number of halogens is 2. The zero-order valence-corrected chi connectivity index (χ0v) is 12.2. The highest BCUT2D eigenvalue weighted by Gasteiger charge is 2.24. The topological polar surface area (TPSA) is 51.2 Å².